The lowest BCUT2D eigenvalue weighted by atomic mass is 9.73. The van der Waals surface area contributed by atoms with Gasteiger partial charge in [0.15, 0.2) is 11.2 Å². The summed E-state index contributed by atoms with van der Waals surface area (Å²) < 4.78 is 4.91. The van der Waals surface area contributed by atoms with Crippen LogP contribution in [0.15, 0.2) is 35.4 Å². The number of esters is 1. The van der Waals surface area contributed by atoms with E-state index in [0.29, 0.717) is 5.02 Å². The number of halogens is 1. The molecule has 1 atom stereocenters. The number of hydrogen-bond acceptors (Lipinski definition) is 6. The highest BCUT2D eigenvalue weighted by Gasteiger charge is 2.59. The van der Waals surface area contributed by atoms with Gasteiger partial charge in [-0.05, 0) is 43.7 Å². The normalized spacial score (nSPS) is 21.0. The van der Waals surface area contributed by atoms with Crippen LogP contribution in [0.2, 0.25) is 5.02 Å². The summed E-state index contributed by atoms with van der Waals surface area (Å²) in [6, 6.07) is 9.64. The molecule has 0 radical (unpaired) electrons. The van der Waals surface area contributed by atoms with Crippen LogP contribution >= 0.6 is 11.6 Å². The molecule has 1 N–H and O–H groups in total. The van der Waals surface area contributed by atoms with Crippen molar-refractivity contribution in [1.82, 2.24) is 0 Å². The lowest BCUT2D eigenvalue weighted by Gasteiger charge is -2.30. The summed E-state index contributed by atoms with van der Waals surface area (Å²) >= 11 is 5.83. The number of carbonyl (C=O) groups excluding carboxylic acids is 2. The molecule has 0 saturated heterocycles. The quantitative estimate of drug-likeness (QED) is 0.628. The Morgan fingerprint density at radius 1 is 1.27 bits per heavy atom. The second-order valence-electron chi connectivity index (χ2n) is 6.17. The molecule has 0 heterocycles. The molecule has 1 aromatic carbocycles. The predicted octanol–water partition coefficient (Wildman–Crippen LogP) is 2.96. The lowest BCUT2D eigenvalue weighted by Crippen LogP contribution is -2.43. The summed E-state index contributed by atoms with van der Waals surface area (Å²) in [5.74, 6) is -1.15. The fourth-order valence-corrected chi connectivity index (χ4v) is 3.25. The van der Waals surface area contributed by atoms with Gasteiger partial charge in [0.25, 0.3) is 0 Å². The van der Waals surface area contributed by atoms with Crippen LogP contribution in [-0.2, 0) is 9.53 Å². The van der Waals surface area contributed by atoms with Gasteiger partial charge < -0.3 is 9.84 Å². The monoisotopic (exact) mass is 372 g/mol. The van der Waals surface area contributed by atoms with E-state index in [1.54, 1.807) is 6.92 Å². The minimum atomic E-state index is -2.03. The zero-order chi connectivity index (χ0) is 19.5. The van der Waals surface area contributed by atoms with Crippen LogP contribution in [0.4, 0.5) is 0 Å². The van der Waals surface area contributed by atoms with E-state index in [1.165, 1.54) is 31.2 Å². The third-order valence-corrected chi connectivity index (χ3v) is 4.78. The molecule has 0 spiro atoms. The second kappa shape index (κ2) is 7.29. The highest BCUT2D eigenvalue weighted by Crippen LogP contribution is 2.51. The maximum Gasteiger partial charge on any atom is 0.309 e. The number of benzene rings is 1. The van der Waals surface area contributed by atoms with E-state index in [0.717, 1.165) is 0 Å². The summed E-state index contributed by atoms with van der Waals surface area (Å²) in [5, 5.41) is 30.4. The van der Waals surface area contributed by atoms with E-state index in [2.05, 4.69) is 0 Å². The maximum absolute atomic E-state index is 13.0. The molecule has 1 aromatic rings. The molecule has 6 nitrogen and oxygen atoms in total. The molecular formula is C19H17ClN2O4. The number of nitriles is 2. The molecule has 134 valence electrons. The molecule has 0 amide bonds. The first-order valence-electron chi connectivity index (χ1n) is 7.95. The number of Topliss-reactive ketones (excluding diaryl/α,β-unsaturated/α-hetero) is 1. The van der Waals surface area contributed by atoms with Crippen molar-refractivity contribution in [2.75, 3.05) is 6.61 Å². The Hall–Kier alpha value is -2.67. The smallest absolute Gasteiger partial charge is 0.309 e. The number of nitrogens with zero attached hydrogens (tertiary/aromatic N) is 2. The molecule has 0 aromatic heterocycles. The molecule has 1 unspecified atom stereocenters. The van der Waals surface area contributed by atoms with E-state index >= 15 is 0 Å². The molecule has 1 aliphatic rings. The van der Waals surface area contributed by atoms with Gasteiger partial charge in [-0.25, -0.2) is 0 Å². The highest BCUT2D eigenvalue weighted by molar-refractivity contribution is 6.30. The van der Waals surface area contributed by atoms with Crippen LogP contribution in [0.1, 0.15) is 37.0 Å². The molecule has 26 heavy (non-hydrogen) atoms. The number of hydrogen-bond donors (Lipinski definition) is 1. The highest BCUT2D eigenvalue weighted by atomic mass is 35.5. The van der Waals surface area contributed by atoms with Gasteiger partial charge in [-0.2, -0.15) is 10.5 Å². The largest absolute Gasteiger partial charge is 0.466 e. The van der Waals surface area contributed by atoms with E-state index in [-0.39, 0.29) is 36.2 Å². The average Bonchev–Trinajstić information content (AvgIpc) is 2.81. The Morgan fingerprint density at radius 3 is 2.35 bits per heavy atom. The fraction of sp³-hybridized carbons (Fsp3) is 0.368. The number of ether oxygens (including phenoxy) is 1. The maximum atomic E-state index is 13.0. The van der Waals surface area contributed by atoms with E-state index in [9.17, 15) is 25.2 Å². The number of ketones is 1. The number of carbonyl (C=O) groups is 2. The molecule has 0 aliphatic heterocycles. The van der Waals surface area contributed by atoms with Gasteiger partial charge >= 0.3 is 5.97 Å². The molecule has 0 fully saturated rings. The second-order valence-corrected chi connectivity index (χ2v) is 6.61. The Balaban J connectivity index is 2.57. The first kappa shape index (κ1) is 19.7. The van der Waals surface area contributed by atoms with Crippen molar-refractivity contribution in [3.63, 3.8) is 0 Å². The summed E-state index contributed by atoms with van der Waals surface area (Å²) in [7, 11) is 0. The Kier molecular flexibility index (Phi) is 5.51. The first-order valence-corrected chi connectivity index (χ1v) is 8.33. The Labute approximate surface area is 156 Å². The van der Waals surface area contributed by atoms with Gasteiger partial charge in [0.05, 0.1) is 25.2 Å². The van der Waals surface area contributed by atoms with Crippen molar-refractivity contribution in [2.45, 2.75) is 32.3 Å². The lowest BCUT2D eigenvalue weighted by molar-refractivity contribution is -0.142. The van der Waals surface area contributed by atoms with Gasteiger partial charge in [0.1, 0.15) is 5.60 Å². The van der Waals surface area contributed by atoms with Crippen molar-refractivity contribution in [3.8, 4) is 12.1 Å². The number of aliphatic hydroxyl groups is 1. The van der Waals surface area contributed by atoms with E-state index < -0.39 is 22.8 Å². The molecule has 2 rings (SSSR count). The topological polar surface area (TPSA) is 111 Å². The van der Waals surface area contributed by atoms with Gasteiger partial charge in [0.2, 0.25) is 0 Å². The van der Waals surface area contributed by atoms with Crippen LogP contribution in [0.25, 0.3) is 0 Å². The van der Waals surface area contributed by atoms with Crippen LogP contribution in [0.3, 0.4) is 0 Å². The van der Waals surface area contributed by atoms with Crippen molar-refractivity contribution >= 4 is 23.4 Å². The van der Waals surface area contributed by atoms with Gasteiger partial charge in [-0.15, -0.1) is 0 Å². The zero-order valence-corrected chi connectivity index (χ0v) is 15.1. The van der Waals surface area contributed by atoms with Crippen LogP contribution in [0, 0.1) is 28.1 Å². The molecule has 1 aliphatic carbocycles. The van der Waals surface area contributed by atoms with E-state index in [4.69, 9.17) is 16.3 Å². The minimum absolute atomic E-state index is 0.115. The zero-order valence-electron chi connectivity index (χ0n) is 14.4. The SMILES string of the molecule is CCOC(=O)CC1=C(C(=O)c2ccc(Cl)cc2)C(C)(O)C(C#N)(C#N)C1. The van der Waals surface area contributed by atoms with Gasteiger partial charge in [0, 0.05) is 22.6 Å². The summed E-state index contributed by atoms with van der Waals surface area (Å²) in [4.78, 5) is 24.9. The van der Waals surface area contributed by atoms with Crippen molar-refractivity contribution in [1.29, 1.82) is 10.5 Å². The molecule has 7 heteroatoms. The van der Waals surface area contributed by atoms with Crippen LogP contribution in [0.5, 0.6) is 0 Å². The average molecular weight is 373 g/mol. The molecule has 0 bridgehead atoms. The van der Waals surface area contributed by atoms with Crippen molar-refractivity contribution in [2.24, 2.45) is 5.41 Å². The Morgan fingerprint density at radius 2 is 1.85 bits per heavy atom. The van der Waals surface area contributed by atoms with Crippen molar-refractivity contribution in [3.05, 3.63) is 46.0 Å². The van der Waals surface area contributed by atoms with Crippen molar-refractivity contribution < 1.29 is 19.4 Å². The van der Waals surface area contributed by atoms with Crippen LogP contribution in [-0.4, -0.2) is 29.1 Å². The standard InChI is InChI=1S/C19H17ClN2O4/c1-3-26-15(23)8-13-9-19(10-21,11-22)18(2,25)16(13)17(24)12-4-6-14(20)7-5-12/h4-7,25H,3,8-9H2,1-2H3. The first-order chi connectivity index (χ1) is 12.2. The predicted molar refractivity (Wildman–Crippen MR) is 93.0 cm³/mol. The third kappa shape index (κ3) is 3.22. The fourth-order valence-electron chi connectivity index (χ4n) is 3.12. The number of rotatable bonds is 5. The van der Waals surface area contributed by atoms with E-state index in [1.807, 2.05) is 12.1 Å². The summed E-state index contributed by atoms with van der Waals surface area (Å²) in [6.45, 7) is 3.05. The molecular weight excluding hydrogens is 356 g/mol. The summed E-state index contributed by atoms with van der Waals surface area (Å²) in [6.07, 6.45) is -0.482. The van der Waals surface area contributed by atoms with Gasteiger partial charge in [-0.1, -0.05) is 11.6 Å². The minimum Gasteiger partial charge on any atom is -0.466 e. The van der Waals surface area contributed by atoms with Gasteiger partial charge in [-0.3, -0.25) is 9.59 Å². The molecule has 0 saturated carbocycles. The summed E-state index contributed by atoms with van der Waals surface area (Å²) in [5.41, 5.74) is -3.54. The van der Waals surface area contributed by atoms with Crippen LogP contribution < -0.4 is 0 Å². The third-order valence-electron chi connectivity index (χ3n) is 4.53. The Bertz CT molecular complexity index is 843.